The molecular weight excluding hydrogens is 374 g/mol. The first-order chi connectivity index (χ1) is 13.6. The van der Waals surface area contributed by atoms with E-state index in [0.29, 0.717) is 16.1 Å². The van der Waals surface area contributed by atoms with E-state index in [4.69, 9.17) is 4.74 Å². The Morgan fingerprint density at radius 1 is 1.29 bits per heavy atom. The number of nitriles is 1. The quantitative estimate of drug-likeness (QED) is 0.245. The van der Waals surface area contributed by atoms with Gasteiger partial charge in [-0.1, -0.05) is 30.3 Å². The predicted octanol–water partition coefficient (Wildman–Crippen LogP) is 5.35. The molecule has 0 aliphatic rings. The summed E-state index contributed by atoms with van der Waals surface area (Å²) in [4.78, 5) is 15.2. The molecule has 7 heteroatoms. The molecule has 0 amide bonds. The van der Waals surface area contributed by atoms with Gasteiger partial charge in [-0.3, -0.25) is 10.1 Å². The third-order valence-electron chi connectivity index (χ3n) is 3.89. The smallest absolute Gasteiger partial charge is 0.276 e. The lowest BCUT2D eigenvalue weighted by molar-refractivity contribution is -0.385. The number of nitro groups is 1. The van der Waals surface area contributed by atoms with Gasteiger partial charge in [0.15, 0.2) is 0 Å². The number of rotatable bonds is 6. The summed E-state index contributed by atoms with van der Waals surface area (Å²) in [6, 6.07) is 16.1. The Morgan fingerprint density at radius 3 is 2.86 bits per heavy atom. The van der Waals surface area contributed by atoms with Crippen molar-refractivity contribution >= 4 is 28.7 Å². The van der Waals surface area contributed by atoms with Crippen LogP contribution in [0.5, 0.6) is 5.75 Å². The number of hydrogen-bond acceptors (Lipinski definition) is 6. The van der Waals surface area contributed by atoms with Gasteiger partial charge in [0.05, 0.1) is 28.9 Å². The van der Waals surface area contributed by atoms with E-state index in [1.165, 1.54) is 17.4 Å². The maximum Gasteiger partial charge on any atom is 0.276 e. The molecule has 0 saturated carbocycles. The number of thiazole rings is 1. The van der Waals surface area contributed by atoms with Crippen LogP contribution >= 0.6 is 11.3 Å². The van der Waals surface area contributed by atoms with Gasteiger partial charge in [-0.05, 0) is 30.4 Å². The van der Waals surface area contributed by atoms with Crippen LogP contribution in [0.2, 0.25) is 0 Å². The third-order valence-corrected chi connectivity index (χ3v) is 4.77. The maximum absolute atomic E-state index is 11.1. The predicted molar refractivity (Wildman–Crippen MR) is 110 cm³/mol. The van der Waals surface area contributed by atoms with Crippen LogP contribution in [-0.4, -0.2) is 17.0 Å². The van der Waals surface area contributed by atoms with Gasteiger partial charge in [0.2, 0.25) is 0 Å². The summed E-state index contributed by atoms with van der Waals surface area (Å²) in [7, 11) is 1.60. The van der Waals surface area contributed by atoms with Gasteiger partial charge < -0.3 is 4.74 Å². The number of allylic oxidation sites excluding steroid dienone is 3. The number of methoxy groups -OCH3 is 1. The topological polar surface area (TPSA) is 89.0 Å². The van der Waals surface area contributed by atoms with Crippen LogP contribution in [0.4, 0.5) is 5.69 Å². The highest BCUT2D eigenvalue weighted by atomic mass is 32.1. The molecule has 0 aliphatic carbocycles. The molecule has 0 radical (unpaired) electrons. The van der Waals surface area contributed by atoms with Gasteiger partial charge in [-0.15, -0.1) is 11.3 Å². The first-order valence-corrected chi connectivity index (χ1v) is 9.12. The minimum Gasteiger partial charge on any atom is -0.497 e. The molecular formula is C21H15N3O3S. The molecule has 0 N–H and O–H groups in total. The van der Waals surface area contributed by atoms with Gasteiger partial charge in [-0.2, -0.15) is 5.26 Å². The van der Waals surface area contributed by atoms with E-state index >= 15 is 0 Å². The monoisotopic (exact) mass is 389 g/mol. The van der Waals surface area contributed by atoms with Gasteiger partial charge in [0.1, 0.15) is 16.8 Å². The molecule has 0 atom stereocenters. The fourth-order valence-corrected chi connectivity index (χ4v) is 3.32. The molecule has 0 unspecified atom stereocenters. The van der Waals surface area contributed by atoms with E-state index in [1.807, 2.05) is 29.6 Å². The first kappa shape index (κ1) is 19.0. The molecule has 6 nitrogen and oxygen atoms in total. The van der Waals surface area contributed by atoms with Gasteiger partial charge >= 0.3 is 0 Å². The van der Waals surface area contributed by atoms with Crippen molar-refractivity contribution in [3.63, 3.8) is 0 Å². The van der Waals surface area contributed by atoms with Crippen molar-refractivity contribution in [3.05, 3.63) is 86.7 Å². The maximum atomic E-state index is 11.1. The minimum absolute atomic E-state index is 0.0141. The van der Waals surface area contributed by atoms with E-state index in [1.54, 1.807) is 43.5 Å². The number of aromatic nitrogens is 1. The molecule has 0 saturated heterocycles. The zero-order valence-electron chi connectivity index (χ0n) is 14.9. The standard InChI is InChI=1S/C21H15N3O3S/c1-27-18-10-5-8-16(12-18)19-14-28-21(23-19)17(13-22)9-4-7-15-6-2-3-11-20(15)24(25)26/h2-12,14H,1H3. The number of ether oxygens (including phenoxy) is 1. The summed E-state index contributed by atoms with van der Waals surface area (Å²) in [5.41, 5.74) is 2.52. The Kier molecular flexibility index (Phi) is 5.94. The first-order valence-electron chi connectivity index (χ1n) is 8.24. The number of nitrogens with zero attached hydrogens (tertiary/aromatic N) is 3. The third kappa shape index (κ3) is 4.31. The van der Waals surface area contributed by atoms with Crippen LogP contribution in [0.15, 0.2) is 66.1 Å². The van der Waals surface area contributed by atoms with Crippen molar-refractivity contribution in [2.75, 3.05) is 7.11 Å². The second-order valence-corrected chi connectivity index (χ2v) is 6.50. The van der Waals surface area contributed by atoms with Crippen LogP contribution in [0.25, 0.3) is 22.9 Å². The molecule has 1 heterocycles. The lowest BCUT2D eigenvalue weighted by Gasteiger charge is -2.01. The molecule has 1 aromatic heterocycles. The molecule has 3 aromatic rings. The zero-order chi connectivity index (χ0) is 19.9. The Hall–Kier alpha value is -3.76. The van der Waals surface area contributed by atoms with Crippen molar-refractivity contribution in [1.29, 1.82) is 5.26 Å². The summed E-state index contributed by atoms with van der Waals surface area (Å²) in [5.74, 6) is 0.732. The fraction of sp³-hybridized carbons (Fsp3) is 0.0476. The molecule has 0 aliphatic heterocycles. The van der Waals surface area contributed by atoms with Crippen molar-refractivity contribution in [2.24, 2.45) is 0 Å². The number of benzene rings is 2. The molecule has 0 bridgehead atoms. The summed E-state index contributed by atoms with van der Waals surface area (Å²) in [5, 5.41) is 23.0. The van der Waals surface area contributed by atoms with Gasteiger partial charge in [0.25, 0.3) is 5.69 Å². The number of hydrogen-bond donors (Lipinski definition) is 0. The minimum atomic E-state index is -0.435. The van der Waals surface area contributed by atoms with E-state index < -0.39 is 4.92 Å². The van der Waals surface area contributed by atoms with E-state index in [0.717, 1.165) is 17.0 Å². The van der Waals surface area contributed by atoms with Crippen LogP contribution in [0.3, 0.4) is 0 Å². The summed E-state index contributed by atoms with van der Waals surface area (Å²) < 4.78 is 5.23. The number of para-hydroxylation sites is 1. The van der Waals surface area contributed by atoms with Crippen molar-refractivity contribution in [2.45, 2.75) is 0 Å². The van der Waals surface area contributed by atoms with Gasteiger partial charge in [0, 0.05) is 17.0 Å². The molecule has 138 valence electrons. The lowest BCUT2D eigenvalue weighted by atomic mass is 10.1. The van der Waals surface area contributed by atoms with Crippen molar-refractivity contribution in [1.82, 2.24) is 4.98 Å². The van der Waals surface area contributed by atoms with Crippen LogP contribution in [0.1, 0.15) is 10.6 Å². The molecule has 2 aromatic carbocycles. The summed E-state index contributed by atoms with van der Waals surface area (Å²) >= 11 is 1.36. The highest BCUT2D eigenvalue weighted by Gasteiger charge is 2.10. The zero-order valence-corrected chi connectivity index (χ0v) is 15.7. The summed E-state index contributed by atoms with van der Waals surface area (Å²) in [6.07, 6.45) is 4.82. The second-order valence-electron chi connectivity index (χ2n) is 5.64. The summed E-state index contributed by atoms with van der Waals surface area (Å²) in [6.45, 7) is 0. The lowest BCUT2D eigenvalue weighted by Crippen LogP contribution is -1.90. The second kappa shape index (κ2) is 8.75. The highest BCUT2D eigenvalue weighted by Crippen LogP contribution is 2.28. The van der Waals surface area contributed by atoms with E-state index in [9.17, 15) is 15.4 Å². The number of nitro benzene ring substituents is 1. The highest BCUT2D eigenvalue weighted by molar-refractivity contribution is 7.11. The Balaban J connectivity index is 1.85. The molecule has 0 spiro atoms. The van der Waals surface area contributed by atoms with E-state index in [2.05, 4.69) is 11.1 Å². The van der Waals surface area contributed by atoms with Crippen LogP contribution in [0, 0.1) is 21.4 Å². The average molecular weight is 389 g/mol. The molecule has 0 fully saturated rings. The van der Waals surface area contributed by atoms with Crippen LogP contribution in [-0.2, 0) is 0 Å². The van der Waals surface area contributed by atoms with E-state index in [-0.39, 0.29) is 5.69 Å². The Bertz CT molecular complexity index is 1110. The van der Waals surface area contributed by atoms with Crippen molar-refractivity contribution in [3.8, 4) is 23.1 Å². The molecule has 3 rings (SSSR count). The average Bonchev–Trinajstić information content (AvgIpc) is 3.21. The van der Waals surface area contributed by atoms with Crippen LogP contribution < -0.4 is 4.74 Å². The normalized spacial score (nSPS) is 11.4. The SMILES string of the molecule is COc1cccc(-c2csc(C(C#N)=CC=Cc3ccccc3[N+](=O)[O-])n2)c1. The fourth-order valence-electron chi connectivity index (χ4n) is 2.51. The Morgan fingerprint density at radius 2 is 2.11 bits per heavy atom. The largest absolute Gasteiger partial charge is 0.497 e. The molecule has 28 heavy (non-hydrogen) atoms. The Labute approximate surface area is 165 Å². The van der Waals surface area contributed by atoms with Gasteiger partial charge in [-0.25, -0.2) is 4.98 Å². The van der Waals surface area contributed by atoms with Crippen molar-refractivity contribution < 1.29 is 9.66 Å².